The highest BCUT2D eigenvalue weighted by molar-refractivity contribution is 5.93. The molecule has 0 bridgehead atoms. The van der Waals surface area contributed by atoms with Crippen LogP contribution in [0.2, 0.25) is 0 Å². The van der Waals surface area contributed by atoms with Crippen LogP contribution in [0.15, 0.2) is 107 Å². The van der Waals surface area contributed by atoms with Gasteiger partial charge in [-0.3, -0.25) is 19.4 Å². The predicted molar refractivity (Wildman–Crippen MR) is 185 cm³/mol. The van der Waals surface area contributed by atoms with Crippen LogP contribution in [0.25, 0.3) is 11.4 Å². The van der Waals surface area contributed by atoms with Gasteiger partial charge in [-0.25, -0.2) is 9.98 Å². The summed E-state index contributed by atoms with van der Waals surface area (Å²) < 4.78 is 0. The number of nitrogens with zero attached hydrogens (tertiary/aromatic N) is 4. The molecule has 0 saturated carbocycles. The van der Waals surface area contributed by atoms with Crippen LogP contribution in [0.3, 0.4) is 0 Å². The van der Waals surface area contributed by atoms with Gasteiger partial charge in [0.25, 0.3) is 0 Å². The third-order valence-electron chi connectivity index (χ3n) is 8.15. The molecule has 0 radical (unpaired) electrons. The Kier molecular flexibility index (Phi) is 10.9. The first-order valence-corrected chi connectivity index (χ1v) is 16.0. The Morgan fingerprint density at radius 3 is 1.26 bits per heavy atom. The molecular formula is C38H42N6O2. The van der Waals surface area contributed by atoms with Gasteiger partial charge in [-0.15, -0.1) is 0 Å². The lowest BCUT2D eigenvalue weighted by Crippen LogP contribution is -2.36. The molecule has 1 aliphatic rings. The van der Waals surface area contributed by atoms with E-state index in [1.54, 1.807) is 0 Å². The maximum Gasteiger partial charge on any atom is 0.238 e. The van der Waals surface area contributed by atoms with Gasteiger partial charge in [0.05, 0.1) is 35.2 Å². The van der Waals surface area contributed by atoms with Crippen LogP contribution in [-0.2, 0) is 9.59 Å². The van der Waals surface area contributed by atoms with Crippen molar-refractivity contribution in [3.63, 3.8) is 0 Å². The van der Waals surface area contributed by atoms with Crippen molar-refractivity contribution in [2.24, 2.45) is 9.98 Å². The minimum absolute atomic E-state index is 0.0675. The highest BCUT2D eigenvalue weighted by atomic mass is 16.2. The van der Waals surface area contributed by atoms with Crippen molar-refractivity contribution in [2.75, 3.05) is 49.9 Å². The molecule has 5 rings (SSSR count). The average Bonchev–Trinajstić information content (AvgIpc) is 3.08. The molecule has 0 fully saturated rings. The van der Waals surface area contributed by atoms with E-state index in [0.717, 1.165) is 69.9 Å². The summed E-state index contributed by atoms with van der Waals surface area (Å²) in [5.41, 5.74) is 4.70. The van der Waals surface area contributed by atoms with Gasteiger partial charge < -0.3 is 10.6 Å². The average molecular weight is 615 g/mol. The zero-order chi connectivity index (χ0) is 32.5. The predicted octanol–water partition coefficient (Wildman–Crippen LogP) is 3.51. The molecule has 0 aliphatic carbocycles. The second kappa shape index (κ2) is 15.4. The van der Waals surface area contributed by atoms with Crippen molar-refractivity contribution in [3.8, 4) is 0 Å². The second-order valence-corrected chi connectivity index (χ2v) is 11.1. The lowest BCUT2D eigenvalue weighted by atomic mass is 10.1. The molecular weight excluding hydrogens is 572 g/mol. The number of rotatable bonds is 12. The summed E-state index contributed by atoms with van der Waals surface area (Å²) in [4.78, 5) is 40.6. The molecule has 2 amide bonds. The van der Waals surface area contributed by atoms with Crippen molar-refractivity contribution >= 4 is 34.6 Å². The molecule has 1 aliphatic heterocycles. The first kappa shape index (κ1) is 32.5. The Balaban J connectivity index is 1.71. The molecule has 2 N–H and O–H groups in total. The minimum atomic E-state index is -0.0675. The van der Waals surface area contributed by atoms with Gasteiger partial charge in [-0.2, -0.15) is 0 Å². The van der Waals surface area contributed by atoms with Crippen LogP contribution in [0, 0.1) is 0 Å². The quantitative estimate of drug-likeness (QED) is 0.256. The zero-order valence-corrected chi connectivity index (χ0v) is 27.1. The number of benzene rings is 4. The fraction of sp³-hybridized carbons (Fsp3) is 0.263. The maximum atomic E-state index is 12.9. The number of carbonyl (C=O) groups excluding carboxylic acids is 2. The molecule has 0 saturated heterocycles. The Morgan fingerprint density at radius 1 is 0.543 bits per heavy atom. The summed E-state index contributed by atoms with van der Waals surface area (Å²) >= 11 is 0. The fourth-order valence-electron chi connectivity index (χ4n) is 5.50. The molecule has 0 unspecified atom stereocenters. The van der Waals surface area contributed by atoms with Gasteiger partial charge in [0.15, 0.2) is 0 Å². The first-order valence-electron chi connectivity index (χ1n) is 16.0. The lowest BCUT2D eigenvalue weighted by Gasteiger charge is -2.17. The third kappa shape index (κ3) is 7.83. The van der Waals surface area contributed by atoms with E-state index in [1.165, 1.54) is 0 Å². The largest absolute Gasteiger partial charge is 0.325 e. The minimum Gasteiger partial charge on any atom is -0.325 e. The molecule has 0 atom stereocenters. The molecule has 8 heteroatoms. The highest BCUT2D eigenvalue weighted by Crippen LogP contribution is 2.16. The Hall–Kier alpha value is -4.92. The summed E-state index contributed by atoms with van der Waals surface area (Å²) in [7, 11) is 0. The summed E-state index contributed by atoms with van der Waals surface area (Å²) in [6, 6.07) is 31.6. The normalized spacial score (nSPS) is 16.2. The smallest absolute Gasteiger partial charge is 0.238 e. The van der Waals surface area contributed by atoms with Crippen molar-refractivity contribution in [3.05, 3.63) is 129 Å². The van der Waals surface area contributed by atoms with Gasteiger partial charge in [0, 0.05) is 32.9 Å². The monoisotopic (exact) mass is 614 g/mol. The molecule has 8 nitrogen and oxygen atoms in total. The van der Waals surface area contributed by atoms with E-state index in [-0.39, 0.29) is 11.8 Å². The van der Waals surface area contributed by atoms with E-state index in [0.29, 0.717) is 24.5 Å². The summed E-state index contributed by atoms with van der Waals surface area (Å²) in [6.07, 6.45) is 0. The summed E-state index contributed by atoms with van der Waals surface area (Å²) in [6.45, 7) is 12.0. The van der Waals surface area contributed by atoms with Crippen molar-refractivity contribution < 1.29 is 9.59 Å². The van der Waals surface area contributed by atoms with E-state index in [9.17, 15) is 9.59 Å². The van der Waals surface area contributed by atoms with E-state index >= 15 is 0 Å². The number of hydrogen-bond acceptors (Lipinski definition) is 6. The lowest BCUT2D eigenvalue weighted by molar-refractivity contribution is -0.118. The first-order chi connectivity index (χ1) is 22.4. The maximum absolute atomic E-state index is 12.9. The van der Waals surface area contributed by atoms with E-state index in [2.05, 4.69) is 20.4 Å². The molecule has 0 aromatic heterocycles. The SMILES string of the molecule is CCN(CC)CC(=O)Nc1ccc2/c(c1)=C(c1ccccc1)\N=c1/ccc(NC(=O)CN(CC)CC)c/c1=C(c1ccccc1)/N=2. The third-order valence-corrected chi connectivity index (χ3v) is 8.15. The Bertz CT molecular complexity index is 1790. The van der Waals surface area contributed by atoms with Crippen LogP contribution >= 0.6 is 0 Å². The van der Waals surface area contributed by atoms with E-state index < -0.39 is 0 Å². The Morgan fingerprint density at radius 2 is 0.913 bits per heavy atom. The van der Waals surface area contributed by atoms with Crippen molar-refractivity contribution in [1.82, 2.24) is 9.80 Å². The van der Waals surface area contributed by atoms with Gasteiger partial charge >= 0.3 is 0 Å². The topological polar surface area (TPSA) is 89.4 Å². The van der Waals surface area contributed by atoms with Gasteiger partial charge in [-0.05, 0) is 62.6 Å². The van der Waals surface area contributed by atoms with Crippen molar-refractivity contribution in [2.45, 2.75) is 27.7 Å². The molecule has 0 spiro atoms. The highest BCUT2D eigenvalue weighted by Gasteiger charge is 2.14. The fourth-order valence-corrected chi connectivity index (χ4v) is 5.50. The Labute approximate surface area is 270 Å². The molecule has 4 aromatic rings. The van der Waals surface area contributed by atoms with Crippen LogP contribution in [0.5, 0.6) is 0 Å². The number of fused-ring (bicyclic) bond motifs is 2. The van der Waals surface area contributed by atoms with E-state index in [4.69, 9.17) is 9.98 Å². The zero-order valence-electron chi connectivity index (χ0n) is 27.1. The molecule has 46 heavy (non-hydrogen) atoms. The number of carbonyl (C=O) groups is 2. The van der Waals surface area contributed by atoms with Crippen LogP contribution in [-0.4, -0.2) is 60.9 Å². The van der Waals surface area contributed by atoms with Gasteiger partial charge in [0.1, 0.15) is 0 Å². The standard InChI is InChI=1S/C38H42N6O2/c1-5-43(6-2)25-35(45)39-29-19-21-33-31(23-29)37(27-15-11-9-12-16-27)42-34-22-20-30(40-36(46)26-44(7-3)8-4)24-32(34)38(41-33)28-17-13-10-14-18-28/h9-24H,5-8,25-26H2,1-4H3,(H,39,45)(H,40,46)/b37-31-,38-32-,41-33+,41-38?,42-34+,42-37?. The van der Waals surface area contributed by atoms with Gasteiger partial charge in [0.2, 0.25) is 11.8 Å². The summed E-state index contributed by atoms with van der Waals surface area (Å²) in [5, 5.41) is 9.23. The number of amides is 2. The van der Waals surface area contributed by atoms with Gasteiger partial charge in [-0.1, -0.05) is 88.4 Å². The number of hydrogen-bond donors (Lipinski definition) is 2. The molecule has 236 valence electrons. The molecule has 1 heterocycles. The van der Waals surface area contributed by atoms with Crippen LogP contribution < -0.4 is 31.8 Å². The van der Waals surface area contributed by atoms with E-state index in [1.807, 2.05) is 125 Å². The molecule has 4 aromatic carbocycles. The number of nitrogens with one attached hydrogen (secondary N) is 2. The second-order valence-electron chi connectivity index (χ2n) is 11.1. The summed E-state index contributed by atoms with van der Waals surface area (Å²) in [5.74, 6) is -0.135. The van der Waals surface area contributed by atoms with Crippen LogP contribution in [0.1, 0.15) is 38.8 Å². The van der Waals surface area contributed by atoms with Crippen molar-refractivity contribution in [1.29, 1.82) is 0 Å². The van der Waals surface area contributed by atoms with Crippen LogP contribution in [0.4, 0.5) is 11.4 Å². The number of anilines is 2. The number of likely N-dealkylation sites (N-methyl/N-ethyl adjacent to an activating group) is 2.